The zero-order chi connectivity index (χ0) is 20.5. The van der Waals surface area contributed by atoms with Gasteiger partial charge in [-0.2, -0.15) is 10.5 Å². The van der Waals surface area contributed by atoms with E-state index in [4.69, 9.17) is 27.9 Å². The maximum absolute atomic E-state index is 10.0. The van der Waals surface area contributed by atoms with Crippen molar-refractivity contribution >= 4 is 34.1 Å². The van der Waals surface area contributed by atoms with Gasteiger partial charge in [0.2, 0.25) is 5.88 Å². The molecule has 0 saturated heterocycles. The molecule has 4 aromatic rings. The molecule has 4 rings (SSSR count). The van der Waals surface area contributed by atoms with Gasteiger partial charge in [-0.05, 0) is 18.2 Å². The van der Waals surface area contributed by atoms with Gasteiger partial charge in [-0.3, -0.25) is 0 Å². The van der Waals surface area contributed by atoms with Gasteiger partial charge in [-0.1, -0.05) is 47.5 Å². The Kier molecular flexibility index (Phi) is 4.86. The molecule has 1 N–H and O–H groups in total. The van der Waals surface area contributed by atoms with Crippen LogP contribution in [0.2, 0.25) is 10.0 Å². The Morgan fingerprint density at radius 2 is 1.76 bits per heavy atom. The second-order valence-electron chi connectivity index (χ2n) is 6.19. The maximum Gasteiger partial charge on any atom is 0.232 e. The molecule has 0 unspecified atom stereocenters. The highest BCUT2D eigenvalue weighted by Gasteiger charge is 2.25. The number of para-hydroxylation sites is 1. The van der Waals surface area contributed by atoms with E-state index in [1.165, 1.54) is 7.11 Å². The summed E-state index contributed by atoms with van der Waals surface area (Å²) in [4.78, 5) is 7.69. The molecular formula is C22H12Cl2N4O. The number of H-pyrrole nitrogens is 1. The standard InChI is InChI=1S/C22H12Cl2N4O/c1-29-22-16(10-26)20(14-7-6-12(23)8-18(14)24)15(9-25)21(28-22)17-11-27-19-5-3-2-4-13(17)19/h2-8,11,27H,1H3. The van der Waals surface area contributed by atoms with Crippen LogP contribution in [0, 0.1) is 22.7 Å². The largest absolute Gasteiger partial charge is 0.480 e. The normalized spacial score (nSPS) is 10.5. The van der Waals surface area contributed by atoms with Crippen LogP contribution in [0.4, 0.5) is 0 Å². The topological polar surface area (TPSA) is 85.5 Å². The number of hydrogen-bond acceptors (Lipinski definition) is 4. The fourth-order valence-corrected chi connectivity index (χ4v) is 3.85. The second kappa shape index (κ2) is 7.48. The van der Waals surface area contributed by atoms with Crippen LogP contribution in [0.25, 0.3) is 33.3 Å². The number of benzene rings is 2. The molecule has 2 aromatic heterocycles. The maximum atomic E-state index is 10.0. The van der Waals surface area contributed by atoms with Gasteiger partial charge in [-0.15, -0.1) is 0 Å². The summed E-state index contributed by atoms with van der Waals surface area (Å²) in [5.41, 5.74) is 3.28. The first-order valence-electron chi connectivity index (χ1n) is 8.53. The zero-order valence-electron chi connectivity index (χ0n) is 15.1. The summed E-state index contributed by atoms with van der Waals surface area (Å²) >= 11 is 12.5. The van der Waals surface area contributed by atoms with Gasteiger partial charge < -0.3 is 9.72 Å². The molecule has 0 radical (unpaired) electrons. The third kappa shape index (κ3) is 3.07. The molecule has 0 saturated carbocycles. The van der Waals surface area contributed by atoms with Crippen LogP contribution in [0.5, 0.6) is 5.88 Å². The summed E-state index contributed by atoms with van der Waals surface area (Å²) in [6, 6.07) is 16.9. The van der Waals surface area contributed by atoms with Gasteiger partial charge in [-0.25, -0.2) is 4.98 Å². The van der Waals surface area contributed by atoms with E-state index in [-0.39, 0.29) is 17.0 Å². The fourth-order valence-electron chi connectivity index (χ4n) is 3.35. The number of nitrogens with zero attached hydrogens (tertiary/aromatic N) is 3. The molecule has 0 bridgehead atoms. The molecule has 140 valence electrons. The van der Waals surface area contributed by atoms with Crippen molar-refractivity contribution in [1.82, 2.24) is 9.97 Å². The fraction of sp³-hybridized carbons (Fsp3) is 0.0455. The van der Waals surface area contributed by atoms with Crippen molar-refractivity contribution in [3.63, 3.8) is 0 Å². The summed E-state index contributed by atoms with van der Waals surface area (Å²) in [6.45, 7) is 0. The number of halogens is 2. The van der Waals surface area contributed by atoms with Crippen molar-refractivity contribution < 1.29 is 4.74 Å². The lowest BCUT2D eigenvalue weighted by atomic mass is 9.92. The van der Waals surface area contributed by atoms with Crippen molar-refractivity contribution in [2.75, 3.05) is 7.11 Å². The lowest BCUT2D eigenvalue weighted by Crippen LogP contribution is -2.02. The van der Waals surface area contributed by atoms with Crippen molar-refractivity contribution in [3.05, 3.63) is 69.8 Å². The van der Waals surface area contributed by atoms with Crippen LogP contribution in [0.1, 0.15) is 11.1 Å². The smallest absolute Gasteiger partial charge is 0.232 e. The monoisotopic (exact) mass is 418 g/mol. The van der Waals surface area contributed by atoms with Crippen LogP contribution < -0.4 is 4.74 Å². The highest BCUT2D eigenvalue weighted by atomic mass is 35.5. The first kappa shape index (κ1) is 18.8. The van der Waals surface area contributed by atoms with E-state index >= 15 is 0 Å². The highest BCUT2D eigenvalue weighted by molar-refractivity contribution is 6.36. The average molecular weight is 419 g/mol. The summed E-state index contributed by atoms with van der Waals surface area (Å²) < 4.78 is 5.39. The van der Waals surface area contributed by atoms with Gasteiger partial charge in [0.05, 0.1) is 18.4 Å². The molecular weight excluding hydrogens is 407 g/mol. The van der Waals surface area contributed by atoms with Gasteiger partial charge in [0.25, 0.3) is 0 Å². The van der Waals surface area contributed by atoms with E-state index in [9.17, 15) is 10.5 Å². The SMILES string of the molecule is COc1nc(-c2c[nH]c3ccccc23)c(C#N)c(-c2ccc(Cl)cc2Cl)c1C#N. The number of hydrogen-bond donors (Lipinski definition) is 1. The van der Waals surface area contributed by atoms with Crippen LogP contribution >= 0.6 is 23.2 Å². The molecule has 2 heterocycles. The number of aromatic amines is 1. The van der Waals surface area contributed by atoms with E-state index in [0.29, 0.717) is 26.9 Å². The predicted octanol–water partition coefficient (Wildman–Crippen LogP) is 5.96. The minimum Gasteiger partial charge on any atom is -0.480 e. The van der Waals surface area contributed by atoms with Crippen molar-refractivity contribution in [1.29, 1.82) is 10.5 Å². The summed E-state index contributed by atoms with van der Waals surface area (Å²) in [6.07, 6.45) is 1.78. The minimum atomic E-state index is 0.118. The number of nitriles is 2. The van der Waals surface area contributed by atoms with E-state index in [2.05, 4.69) is 22.1 Å². The minimum absolute atomic E-state index is 0.118. The summed E-state index contributed by atoms with van der Waals surface area (Å²) in [5.74, 6) is 0.118. The van der Waals surface area contributed by atoms with Crippen LogP contribution in [0.15, 0.2) is 48.7 Å². The van der Waals surface area contributed by atoms with E-state index < -0.39 is 0 Å². The molecule has 2 aromatic carbocycles. The Morgan fingerprint density at radius 3 is 2.45 bits per heavy atom. The molecule has 0 aliphatic rings. The second-order valence-corrected chi connectivity index (χ2v) is 7.03. The van der Waals surface area contributed by atoms with Crippen LogP contribution in [-0.4, -0.2) is 17.1 Å². The summed E-state index contributed by atoms with van der Waals surface area (Å²) in [5, 5.41) is 21.5. The first-order valence-corrected chi connectivity index (χ1v) is 9.28. The molecule has 0 amide bonds. The quantitative estimate of drug-likeness (QED) is 0.444. The van der Waals surface area contributed by atoms with Crippen LogP contribution in [0.3, 0.4) is 0 Å². The summed E-state index contributed by atoms with van der Waals surface area (Å²) in [7, 11) is 1.43. The van der Waals surface area contributed by atoms with Crippen molar-refractivity contribution in [2.45, 2.75) is 0 Å². The number of aromatic nitrogens is 2. The van der Waals surface area contributed by atoms with Gasteiger partial charge in [0.1, 0.15) is 17.7 Å². The lowest BCUT2D eigenvalue weighted by molar-refractivity contribution is 0.397. The van der Waals surface area contributed by atoms with E-state index in [0.717, 1.165) is 16.5 Å². The molecule has 5 nitrogen and oxygen atoms in total. The van der Waals surface area contributed by atoms with Gasteiger partial charge >= 0.3 is 0 Å². The third-order valence-corrected chi connectivity index (χ3v) is 5.17. The van der Waals surface area contributed by atoms with Crippen molar-refractivity contribution in [3.8, 4) is 40.4 Å². The Morgan fingerprint density at radius 1 is 1.00 bits per heavy atom. The lowest BCUT2D eigenvalue weighted by Gasteiger charge is -2.15. The number of ether oxygens (including phenoxy) is 1. The average Bonchev–Trinajstić information content (AvgIpc) is 3.16. The first-order chi connectivity index (χ1) is 14.1. The number of methoxy groups -OCH3 is 1. The Balaban J connectivity index is 2.14. The molecule has 7 heteroatoms. The third-order valence-electron chi connectivity index (χ3n) is 4.63. The van der Waals surface area contributed by atoms with E-state index in [1.807, 2.05) is 24.3 Å². The molecule has 0 aliphatic carbocycles. The van der Waals surface area contributed by atoms with Crippen molar-refractivity contribution in [2.24, 2.45) is 0 Å². The highest BCUT2D eigenvalue weighted by Crippen LogP contribution is 2.42. The molecule has 0 spiro atoms. The Labute approximate surface area is 176 Å². The zero-order valence-corrected chi connectivity index (χ0v) is 16.6. The predicted molar refractivity (Wildman–Crippen MR) is 113 cm³/mol. The van der Waals surface area contributed by atoms with Gasteiger partial charge in [0.15, 0.2) is 0 Å². The van der Waals surface area contributed by atoms with Gasteiger partial charge in [0, 0.05) is 43.8 Å². The molecule has 0 atom stereocenters. The molecule has 29 heavy (non-hydrogen) atoms. The number of nitrogens with one attached hydrogen (secondary N) is 1. The van der Waals surface area contributed by atoms with Crippen LogP contribution in [-0.2, 0) is 0 Å². The number of pyridine rings is 1. The number of rotatable bonds is 3. The van der Waals surface area contributed by atoms with E-state index in [1.54, 1.807) is 24.4 Å². The molecule has 0 fully saturated rings. The Hall–Kier alpha value is -3.51. The number of fused-ring (bicyclic) bond motifs is 1. The molecule has 0 aliphatic heterocycles. The Bertz CT molecular complexity index is 1350.